The number of hydrogen-bond donors (Lipinski definition) is 1. The molecule has 0 fully saturated rings. The van der Waals surface area contributed by atoms with Crippen molar-refractivity contribution in [3.63, 3.8) is 0 Å². The van der Waals surface area contributed by atoms with Crippen LogP contribution in [-0.4, -0.2) is 18.0 Å². The van der Waals surface area contributed by atoms with Crippen LogP contribution >= 0.6 is 22.9 Å². The van der Waals surface area contributed by atoms with Gasteiger partial charge < -0.3 is 4.74 Å². The third-order valence-corrected chi connectivity index (χ3v) is 4.68. The molecule has 3 rings (SSSR count). The van der Waals surface area contributed by atoms with Crippen LogP contribution in [0.4, 0.5) is 5.13 Å². The first-order chi connectivity index (χ1) is 12.5. The average Bonchev–Trinajstić information content (AvgIpc) is 3.09. The summed E-state index contributed by atoms with van der Waals surface area (Å²) in [7, 11) is 1.61. The first-order valence-electron chi connectivity index (χ1n) is 7.90. The third kappa shape index (κ3) is 4.50. The minimum atomic E-state index is -0.245. The topological polar surface area (TPSA) is 51.2 Å². The van der Waals surface area contributed by atoms with Crippen LogP contribution < -0.4 is 10.1 Å². The number of aromatic nitrogens is 1. The number of carbonyl (C=O) groups excluding carboxylic acids is 1. The van der Waals surface area contributed by atoms with Gasteiger partial charge in [-0.3, -0.25) is 10.1 Å². The summed E-state index contributed by atoms with van der Waals surface area (Å²) in [6, 6.07) is 13.2. The maximum Gasteiger partial charge on any atom is 0.250 e. The molecule has 0 aliphatic rings. The van der Waals surface area contributed by atoms with Crippen molar-refractivity contribution in [3.05, 3.63) is 70.1 Å². The molecule has 6 heteroatoms. The number of benzene rings is 2. The van der Waals surface area contributed by atoms with Crippen LogP contribution in [0.2, 0.25) is 5.02 Å². The predicted octanol–water partition coefficient (Wildman–Crippen LogP) is 5.43. The van der Waals surface area contributed by atoms with Gasteiger partial charge in [-0.2, -0.15) is 0 Å². The number of nitrogens with one attached hydrogen (secondary N) is 1. The van der Waals surface area contributed by atoms with Gasteiger partial charge in [-0.1, -0.05) is 35.4 Å². The number of halogens is 1. The van der Waals surface area contributed by atoms with Crippen molar-refractivity contribution in [2.24, 2.45) is 0 Å². The van der Waals surface area contributed by atoms with Crippen LogP contribution in [-0.2, 0) is 4.79 Å². The van der Waals surface area contributed by atoms with Gasteiger partial charge in [0.05, 0.1) is 12.8 Å². The molecule has 4 nitrogen and oxygen atoms in total. The summed E-state index contributed by atoms with van der Waals surface area (Å²) in [5.74, 6) is 0.476. The Balaban J connectivity index is 1.69. The monoisotopic (exact) mass is 384 g/mol. The molecule has 1 N–H and O–H groups in total. The molecule has 3 aromatic rings. The normalized spacial score (nSPS) is 10.9. The quantitative estimate of drug-likeness (QED) is 0.596. The Kier molecular flexibility index (Phi) is 5.71. The second-order valence-corrected chi connectivity index (χ2v) is 6.91. The third-order valence-electron chi connectivity index (χ3n) is 3.67. The second kappa shape index (κ2) is 8.17. The van der Waals surface area contributed by atoms with Gasteiger partial charge in [0.2, 0.25) is 5.91 Å². The Bertz CT molecular complexity index is 949. The largest absolute Gasteiger partial charge is 0.496 e. The number of rotatable bonds is 5. The van der Waals surface area contributed by atoms with E-state index in [-0.39, 0.29) is 5.91 Å². The fourth-order valence-electron chi connectivity index (χ4n) is 2.38. The van der Waals surface area contributed by atoms with Crippen molar-refractivity contribution in [1.82, 2.24) is 4.98 Å². The van der Waals surface area contributed by atoms with Gasteiger partial charge in [0, 0.05) is 27.6 Å². The summed E-state index contributed by atoms with van der Waals surface area (Å²) >= 11 is 7.27. The lowest BCUT2D eigenvalue weighted by Crippen LogP contribution is -2.07. The lowest BCUT2D eigenvalue weighted by molar-refractivity contribution is -0.111. The number of methoxy groups -OCH3 is 1. The van der Waals surface area contributed by atoms with Crippen LogP contribution in [0.3, 0.4) is 0 Å². The molecule has 0 radical (unpaired) electrons. The molecule has 1 heterocycles. The minimum absolute atomic E-state index is 0.245. The van der Waals surface area contributed by atoms with Crippen LogP contribution in [0.25, 0.3) is 17.3 Å². The first-order valence-corrected chi connectivity index (χ1v) is 9.16. The van der Waals surface area contributed by atoms with Crippen LogP contribution in [0, 0.1) is 6.92 Å². The fourth-order valence-corrected chi connectivity index (χ4v) is 3.23. The zero-order chi connectivity index (χ0) is 18.5. The summed E-state index contributed by atoms with van der Waals surface area (Å²) < 4.78 is 5.31. The van der Waals surface area contributed by atoms with E-state index >= 15 is 0 Å². The summed E-state index contributed by atoms with van der Waals surface area (Å²) in [5, 5.41) is 5.89. The molecule has 132 valence electrons. The van der Waals surface area contributed by atoms with Gasteiger partial charge >= 0.3 is 0 Å². The number of thiazole rings is 1. The zero-order valence-corrected chi connectivity index (χ0v) is 15.9. The van der Waals surface area contributed by atoms with E-state index < -0.39 is 0 Å². The molecular weight excluding hydrogens is 368 g/mol. The van der Waals surface area contributed by atoms with Crippen LogP contribution in [0.15, 0.2) is 53.9 Å². The molecule has 0 saturated heterocycles. The van der Waals surface area contributed by atoms with Gasteiger partial charge in [-0.15, -0.1) is 11.3 Å². The minimum Gasteiger partial charge on any atom is -0.496 e. The van der Waals surface area contributed by atoms with Gasteiger partial charge in [-0.25, -0.2) is 4.98 Å². The molecule has 1 aromatic heterocycles. The highest BCUT2D eigenvalue weighted by Crippen LogP contribution is 2.26. The molecule has 2 aromatic carbocycles. The highest BCUT2D eigenvalue weighted by atomic mass is 35.5. The van der Waals surface area contributed by atoms with E-state index in [0.717, 1.165) is 28.1 Å². The standard InChI is InChI=1S/C20H17ClN2O2S/c1-13-3-9-18(25-2)15(11-13)6-10-19(24)23-20-22-17(12-26-20)14-4-7-16(21)8-5-14/h3-12H,1-2H3,(H,22,23,24)/b10-6+. The van der Waals surface area contributed by atoms with Crippen molar-refractivity contribution in [2.75, 3.05) is 12.4 Å². The maximum atomic E-state index is 12.2. The summed E-state index contributed by atoms with van der Waals surface area (Å²) in [6.07, 6.45) is 3.20. The summed E-state index contributed by atoms with van der Waals surface area (Å²) in [6.45, 7) is 1.99. The average molecular weight is 385 g/mol. The SMILES string of the molecule is COc1ccc(C)cc1/C=C/C(=O)Nc1nc(-c2ccc(Cl)cc2)cs1. The molecular formula is C20H17ClN2O2S. The van der Waals surface area contributed by atoms with E-state index in [1.54, 1.807) is 13.2 Å². The maximum absolute atomic E-state index is 12.2. The van der Waals surface area contributed by atoms with Crippen molar-refractivity contribution in [3.8, 4) is 17.0 Å². The number of nitrogens with zero attached hydrogens (tertiary/aromatic N) is 1. The van der Waals surface area contributed by atoms with E-state index in [9.17, 15) is 4.79 Å². The smallest absolute Gasteiger partial charge is 0.250 e. The van der Waals surface area contributed by atoms with Crippen molar-refractivity contribution < 1.29 is 9.53 Å². The second-order valence-electron chi connectivity index (χ2n) is 5.61. The van der Waals surface area contributed by atoms with E-state index in [1.165, 1.54) is 17.4 Å². The molecule has 0 unspecified atom stereocenters. The Morgan fingerprint density at radius 1 is 1.23 bits per heavy atom. The van der Waals surface area contributed by atoms with E-state index in [0.29, 0.717) is 10.2 Å². The first kappa shape index (κ1) is 18.2. The lowest BCUT2D eigenvalue weighted by atomic mass is 10.1. The van der Waals surface area contributed by atoms with Crippen LogP contribution in [0.5, 0.6) is 5.75 Å². The van der Waals surface area contributed by atoms with E-state index in [4.69, 9.17) is 16.3 Å². The van der Waals surface area contributed by atoms with Gasteiger partial charge in [-0.05, 0) is 37.3 Å². The number of ether oxygens (including phenoxy) is 1. The molecule has 0 bridgehead atoms. The van der Waals surface area contributed by atoms with E-state index in [1.807, 2.05) is 54.8 Å². The Hall–Kier alpha value is -2.63. The van der Waals surface area contributed by atoms with E-state index in [2.05, 4.69) is 10.3 Å². The van der Waals surface area contributed by atoms with Crippen molar-refractivity contribution in [1.29, 1.82) is 0 Å². The van der Waals surface area contributed by atoms with Crippen molar-refractivity contribution >= 4 is 40.1 Å². The molecule has 0 saturated carbocycles. The number of aryl methyl sites for hydroxylation is 1. The molecule has 0 spiro atoms. The highest BCUT2D eigenvalue weighted by Gasteiger charge is 2.07. The highest BCUT2D eigenvalue weighted by molar-refractivity contribution is 7.14. The molecule has 26 heavy (non-hydrogen) atoms. The number of hydrogen-bond acceptors (Lipinski definition) is 4. The predicted molar refractivity (Wildman–Crippen MR) is 108 cm³/mol. The van der Waals surface area contributed by atoms with Crippen LogP contribution in [0.1, 0.15) is 11.1 Å². The number of carbonyl (C=O) groups is 1. The molecule has 0 aliphatic carbocycles. The zero-order valence-electron chi connectivity index (χ0n) is 14.3. The van der Waals surface area contributed by atoms with Crippen molar-refractivity contribution in [2.45, 2.75) is 6.92 Å². The Labute approximate surface area is 161 Å². The molecule has 1 amide bonds. The van der Waals surface area contributed by atoms with Gasteiger partial charge in [0.1, 0.15) is 5.75 Å². The summed E-state index contributed by atoms with van der Waals surface area (Å²) in [5.41, 5.74) is 3.69. The molecule has 0 atom stereocenters. The Morgan fingerprint density at radius 2 is 2.00 bits per heavy atom. The van der Waals surface area contributed by atoms with Gasteiger partial charge in [0.15, 0.2) is 5.13 Å². The van der Waals surface area contributed by atoms with Gasteiger partial charge in [0.25, 0.3) is 0 Å². The molecule has 0 aliphatic heterocycles. The lowest BCUT2D eigenvalue weighted by Gasteiger charge is -2.05. The fraction of sp³-hybridized carbons (Fsp3) is 0.100. The summed E-state index contributed by atoms with van der Waals surface area (Å²) in [4.78, 5) is 16.6. The number of anilines is 1. The Morgan fingerprint density at radius 3 is 2.73 bits per heavy atom. The number of amides is 1.